The van der Waals surface area contributed by atoms with Crippen LogP contribution in [-0.2, 0) is 0 Å². The van der Waals surface area contributed by atoms with Gasteiger partial charge < -0.3 is 10.6 Å². The molecule has 0 unspecified atom stereocenters. The van der Waals surface area contributed by atoms with E-state index < -0.39 is 0 Å². The van der Waals surface area contributed by atoms with Gasteiger partial charge >= 0.3 is 0 Å². The fourth-order valence-corrected chi connectivity index (χ4v) is 10.9. The number of benzene rings is 1. The summed E-state index contributed by atoms with van der Waals surface area (Å²) in [6.07, 6.45) is 0. The minimum atomic E-state index is -0.0397. The molecule has 0 aromatic heterocycles. The summed E-state index contributed by atoms with van der Waals surface area (Å²) in [6, 6.07) is 9.47. The van der Waals surface area contributed by atoms with E-state index in [-0.39, 0.29) is 15.8 Å². The Labute approximate surface area is 138 Å². The molecule has 0 amide bonds. The number of nitrogens with one attached hydrogen (secondary N) is 2. The first kappa shape index (κ1) is 16.8. The van der Waals surface area contributed by atoms with Crippen LogP contribution in [0.15, 0.2) is 24.3 Å². The first-order chi connectivity index (χ1) is 10.6. The molecular weight excluding hydrogens is 306 g/mol. The lowest BCUT2D eigenvalue weighted by Crippen LogP contribution is -2.46. The van der Waals surface area contributed by atoms with Gasteiger partial charge in [-0.05, 0) is 33.2 Å². The fraction of sp³-hybridized carbons (Fsp3) is 0.667. The Hall–Kier alpha value is -0.0000000000000000208. The van der Waals surface area contributed by atoms with E-state index in [1.165, 1.54) is 26.2 Å². The van der Waals surface area contributed by atoms with Crippen molar-refractivity contribution in [1.29, 1.82) is 0 Å². The summed E-state index contributed by atoms with van der Waals surface area (Å²) in [5.41, 5.74) is 3.18. The first-order valence-corrected chi connectivity index (χ1v) is 11.6. The second kappa shape index (κ2) is 7.27. The van der Waals surface area contributed by atoms with Crippen LogP contribution in [-0.4, -0.2) is 48.8 Å². The molecule has 1 aromatic carbocycles. The van der Waals surface area contributed by atoms with Crippen molar-refractivity contribution in [2.75, 3.05) is 26.2 Å². The first-order valence-electron chi connectivity index (χ1n) is 8.66. The van der Waals surface area contributed by atoms with Crippen LogP contribution < -0.4 is 21.2 Å². The largest absolute Gasteiger partial charge is 0.315 e. The highest BCUT2D eigenvalue weighted by Gasteiger charge is 2.35. The molecule has 3 rings (SSSR count). The number of hydrogen-bond donors (Lipinski definition) is 2. The van der Waals surface area contributed by atoms with Gasteiger partial charge in [0.05, 0.1) is 0 Å². The van der Waals surface area contributed by atoms with Gasteiger partial charge in [0.1, 0.15) is 0 Å². The van der Waals surface area contributed by atoms with Gasteiger partial charge in [0, 0.05) is 26.2 Å². The van der Waals surface area contributed by atoms with Gasteiger partial charge in [-0.2, -0.15) is 0 Å². The van der Waals surface area contributed by atoms with Crippen LogP contribution in [0.4, 0.5) is 0 Å². The van der Waals surface area contributed by atoms with Crippen LogP contribution in [0, 0.1) is 0 Å². The zero-order valence-corrected chi connectivity index (χ0v) is 16.1. The maximum Gasteiger partial charge on any atom is 0.00197 e. The molecule has 2 N–H and O–H groups in total. The maximum absolute atomic E-state index is 3.61. The summed E-state index contributed by atoms with van der Waals surface area (Å²) in [6.45, 7) is 14.6. The van der Waals surface area contributed by atoms with Crippen molar-refractivity contribution in [3.8, 4) is 0 Å². The third-order valence-electron chi connectivity index (χ3n) is 5.10. The Kier molecular flexibility index (Phi) is 5.56. The molecule has 2 heterocycles. The Balaban J connectivity index is 1.99. The summed E-state index contributed by atoms with van der Waals surface area (Å²) in [5.74, 6) is 0. The van der Waals surface area contributed by atoms with Crippen molar-refractivity contribution in [3.05, 3.63) is 24.3 Å². The molecule has 4 heteroatoms. The van der Waals surface area contributed by atoms with Crippen LogP contribution in [0.3, 0.4) is 0 Å². The van der Waals surface area contributed by atoms with Gasteiger partial charge in [-0.25, -0.2) is 0 Å². The molecule has 0 aliphatic carbocycles. The van der Waals surface area contributed by atoms with E-state index in [1.807, 2.05) is 0 Å². The second-order valence-electron chi connectivity index (χ2n) is 7.02. The summed E-state index contributed by atoms with van der Waals surface area (Å²) in [7, 11) is -0.0794. The van der Waals surface area contributed by atoms with E-state index in [0.29, 0.717) is 0 Å². The highest BCUT2D eigenvalue weighted by atomic mass is 31.1. The molecule has 122 valence electrons. The molecule has 2 nitrogen and oxygen atoms in total. The van der Waals surface area contributed by atoms with Crippen LogP contribution >= 0.6 is 15.8 Å². The second-order valence-corrected chi connectivity index (χ2v) is 13.1. The van der Waals surface area contributed by atoms with E-state index in [4.69, 9.17) is 0 Å². The highest BCUT2D eigenvalue weighted by molar-refractivity contribution is 7.73. The quantitative estimate of drug-likeness (QED) is 0.812. The molecule has 1 aromatic rings. The summed E-state index contributed by atoms with van der Waals surface area (Å²) in [4.78, 5) is 0. The van der Waals surface area contributed by atoms with Gasteiger partial charge in [0.2, 0.25) is 0 Å². The van der Waals surface area contributed by atoms with Crippen molar-refractivity contribution in [2.24, 2.45) is 0 Å². The maximum atomic E-state index is 3.61. The third kappa shape index (κ3) is 3.27. The molecule has 4 atom stereocenters. The standard InChI is InChI=1S/C18H30N2P2/c1-13-9-19-10-14(2)21(13)17-7-5-6-8-18(17)22-15(3)11-20-12-16(22)4/h5-8,13-16,19-20H,9-12H2,1-4H3/t13-,14-,15-,16-/m1/s1. The van der Waals surface area contributed by atoms with E-state index >= 15 is 0 Å². The van der Waals surface area contributed by atoms with Crippen molar-refractivity contribution in [3.63, 3.8) is 0 Å². The minimum absolute atomic E-state index is 0.0397. The lowest BCUT2D eigenvalue weighted by atomic mass is 10.3. The Morgan fingerprint density at radius 2 is 1.00 bits per heavy atom. The molecule has 2 aliphatic rings. The molecular formula is C18H30N2P2. The predicted molar refractivity (Wildman–Crippen MR) is 103 cm³/mol. The van der Waals surface area contributed by atoms with Gasteiger partial charge in [0.15, 0.2) is 0 Å². The molecule has 0 saturated carbocycles. The van der Waals surface area contributed by atoms with Crippen molar-refractivity contribution >= 4 is 26.5 Å². The topological polar surface area (TPSA) is 24.1 Å². The third-order valence-corrected chi connectivity index (χ3v) is 11.7. The van der Waals surface area contributed by atoms with Crippen LogP contribution in [0.25, 0.3) is 0 Å². The lowest BCUT2D eigenvalue weighted by Gasteiger charge is -2.41. The minimum Gasteiger partial charge on any atom is -0.315 e. The van der Waals surface area contributed by atoms with Crippen LogP contribution in [0.2, 0.25) is 0 Å². The molecule has 22 heavy (non-hydrogen) atoms. The Bertz CT molecular complexity index is 443. The smallest absolute Gasteiger partial charge is 0.00197 e. The van der Waals surface area contributed by atoms with E-state index in [9.17, 15) is 0 Å². The monoisotopic (exact) mass is 336 g/mol. The van der Waals surface area contributed by atoms with E-state index in [2.05, 4.69) is 62.6 Å². The summed E-state index contributed by atoms with van der Waals surface area (Å²) < 4.78 is 0. The zero-order chi connectivity index (χ0) is 15.7. The molecule has 0 bridgehead atoms. The Morgan fingerprint density at radius 1 is 0.682 bits per heavy atom. The molecule has 2 fully saturated rings. The average molecular weight is 336 g/mol. The van der Waals surface area contributed by atoms with Gasteiger partial charge in [0.25, 0.3) is 0 Å². The Morgan fingerprint density at radius 3 is 1.32 bits per heavy atom. The summed E-state index contributed by atoms with van der Waals surface area (Å²) >= 11 is 0. The highest BCUT2D eigenvalue weighted by Crippen LogP contribution is 2.51. The van der Waals surface area contributed by atoms with Crippen molar-refractivity contribution in [2.45, 2.75) is 50.3 Å². The van der Waals surface area contributed by atoms with Crippen molar-refractivity contribution < 1.29 is 0 Å². The zero-order valence-electron chi connectivity index (χ0n) is 14.3. The van der Waals surface area contributed by atoms with Crippen LogP contribution in [0.1, 0.15) is 27.7 Å². The molecule has 2 saturated heterocycles. The lowest BCUT2D eigenvalue weighted by molar-refractivity contribution is 0.635. The van der Waals surface area contributed by atoms with Crippen molar-refractivity contribution in [1.82, 2.24) is 10.6 Å². The van der Waals surface area contributed by atoms with Gasteiger partial charge in [-0.3, -0.25) is 0 Å². The van der Waals surface area contributed by atoms with Crippen LogP contribution in [0.5, 0.6) is 0 Å². The summed E-state index contributed by atoms with van der Waals surface area (Å²) in [5, 5.41) is 10.7. The van der Waals surface area contributed by atoms with Gasteiger partial charge in [-0.15, -0.1) is 0 Å². The van der Waals surface area contributed by atoms with E-state index in [0.717, 1.165) is 22.6 Å². The SMILES string of the molecule is C[C@@H]1CNC[C@@H](C)P1c1ccccc1P1[C@H](C)CNC[C@H]1C. The average Bonchev–Trinajstić information content (AvgIpc) is 2.48. The predicted octanol–water partition coefficient (Wildman–Crippen LogP) is 2.66. The molecule has 2 aliphatic heterocycles. The normalized spacial score (nSPS) is 34.7. The number of hydrogen-bond acceptors (Lipinski definition) is 2. The van der Waals surface area contributed by atoms with Gasteiger partial charge in [-0.1, -0.05) is 67.8 Å². The van der Waals surface area contributed by atoms with E-state index in [1.54, 1.807) is 10.6 Å². The molecule has 0 spiro atoms. The molecule has 0 radical (unpaired) electrons. The number of rotatable bonds is 2. The fourth-order valence-electron chi connectivity index (χ4n) is 4.12.